The molecule has 0 bridgehead atoms. The molecule has 0 spiro atoms. The first kappa shape index (κ1) is 14.7. The number of carbonyl (C=O) groups excluding carboxylic acids is 1. The molecule has 1 rings (SSSR count). The predicted octanol–water partition coefficient (Wildman–Crippen LogP) is -0.832. The number of carboxylic acids is 1. The van der Waals surface area contributed by atoms with Gasteiger partial charge in [0.05, 0.1) is 6.61 Å². The molecule has 0 saturated carbocycles. The number of aliphatic hydroxyl groups is 1. The van der Waals surface area contributed by atoms with Gasteiger partial charge in [-0.1, -0.05) is 0 Å². The normalized spacial score (nSPS) is 21.8. The van der Waals surface area contributed by atoms with E-state index in [1.165, 1.54) is 0 Å². The maximum Gasteiger partial charge on any atom is 0.328 e. The van der Waals surface area contributed by atoms with Crippen LogP contribution in [0.15, 0.2) is 0 Å². The molecular formula is C11H21N3O4. The van der Waals surface area contributed by atoms with Gasteiger partial charge in [0.15, 0.2) is 6.04 Å². The number of amides is 2. The molecule has 0 aromatic heterocycles. The summed E-state index contributed by atoms with van der Waals surface area (Å²) in [7, 11) is 3.92. The van der Waals surface area contributed by atoms with Crippen LogP contribution in [0, 0.1) is 0 Å². The molecule has 1 aliphatic rings. The van der Waals surface area contributed by atoms with Crippen LogP contribution in [0.3, 0.4) is 0 Å². The summed E-state index contributed by atoms with van der Waals surface area (Å²) in [5, 5.41) is 19.9. The third-order valence-corrected chi connectivity index (χ3v) is 3.19. The lowest BCUT2D eigenvalue weighted by molar-refractivity contribution is -0.140. The summed E-state index contributed by atoms with van der Waals surface area (Å²) in [4.78, 5) is 26.2. The van der Waals surface area contributed by atoms with E-state index in [1.807, 2.05) is 14.1 Å². The van der Waals surface area contributed by atoms with Crippen LogP contribution >= 0.6 is 0 Å². The van der Waals surface area contributed by atoms with E-state index in [-0.39, 0.29) is 0 Å². The van der Waals surface area contributed by atoms with Crippen LogP contribution in [0.25, 0.3) is 0 Å². The minimum absolute atomic E-state index is 0.293. The van der Waals surface area contributed by atoms with Crippen molar-refractivity contribution in [3.05, 3.63) is 0 Å². The SMILES string of the molecule is CN(C)C1CCCN(C(=O)N[C@H](CO)C(=O)O)C1. The zero-order chi connectivity index (χ0) is 13.7. The Morgan fingerprint density at radius 3 is 2.67 bits per heavy atom. The Labute approximate surface area is 106 Å². The largest absolute Gasteiger partial charge is 0.480 e. The van der Waals surface area contributed by atoms with Crippen LogP contribution < -0.4 is 5.32 Å². The van der Waals surface area contributed by atoms with Crippen molar-refractivity contribution in [3.8, 4) is 0 Å². The fraction of sp³-hybridized carbons (Fsp3) is 0.818. The molecule has 0 aromatic rings. The maximum absolute atomic E-state index is 11.9. The number of likely N-dealkylation sites (tertiary alicyclic amines) is 1. The number of aliphatic carboxylic acids is 1. The van der Waals surface area contributed by atoms with Crippen molar-refractivity contribution in [1.29, 1.82) is 0 Å². The Bertz CT molecular complexity index is 309. The monoisotopic (exact) mass is 259 g/mol. The van der Waals surface area contributed by atoms with Crippen molar-refractivity contribution in [2.24, 2.45) is 0 Å². The second kappa shape index (κ2) is 6.55. The number of hydrogen-bond acceptors (Lipinski definition) is 4. The molecule has 2 amide bonds. The molecule has 0 radical (unpaired) electrons. The Balaban J connectivity index is 2.53. The summed E-state index contributed by atoms with van der Waals surface area (Å²) < 4.78 is 0. The number of urea groups is 1. The molecule has 1 fully saturated rings. The highest BCUT2D eigenvalue weighted by atomic mass is 16.4. The molecule has 104 valence electrons. The highest BCUT2D eigenvalue weighted by Crippen LogP contribution is 2.13. The van der Waals surface area contributed by atoms with Crippen LogP contribution in [-0.4, -0.2) is 77.9 Å². The lowest BCUT2D eigenvalue weighted by Gasteiger charge is -2.36. The highest BCUT2D eigenvalue weighted by molar-refractivity contribution is 5.82. The van der Waals surface area contributed by atoms with E-state index >= 15 is 0 Å². The van der Waals surface area contributed by atoms with Gasteiger partial charge in [0.2, 0.25) is 0 Å². The smallest absolute Gasteiger partial charge is 0.328 e. The third-order valence-electron chi connectivity index (χ3n) is 3.19. The van der Waals surface area contributed by atoms with Gasteiger partial charge in [-0.05, 0) is 26.9 Å². The minimum atomic E-state index is -1.24. The minimum Gasteiger partial charge on any atom is -0.480 e. The Morgan fingerprint density at radius 2 is 2.17 bits per heavy atom. The summed E-state index contributed by atoms with van der Waals surface area (Å²) in [5.74, 6) is -1.23. The first-order valence-corrected chi connectivity index (χ1v) is 6.01. The van der Waals surface area contributed by atoms with E-state index in [2.05, 4.69) is 10.2 Å². The number of carboxylic acid groups (broad SMARTS) is 1. The molecule has 1 saturated heterocycles. The van der Waals surface area contributed by atoms with E-state index in [9.17, 15) is 9.59 Å². The molecule has 0 aromatic carbocycles. The van der Waals surface area contributed by atoms with Gasteiger partial charge in [-0.3, -0.25) is 0 Å². The van der Waals surface area contributed by atoms with E-state index in [0.717, 1.165) is 12.8 Å². The van der Waals surface area contributed by atoms with Gasteiger partial charge in [-0.15, -0.1) is 0 Å². The van der Waals surface area contributed by atoms with Crippen LogP contribution in [0.5, 0.6) is 0 Å². The number of aliphatic hydroxyl groups excluding tert-OH is 1. The number of carbonyl (C=O) groups is 2. The number of nitrogens with one attached hydrogen (secondary N) is 1. The van der Waals surface area contributed by atoms with Crippen molar-refractivity contribution in [1.82, 2.24) is 15.1 Å². The highest BCUT2D eigenvalue weighted by Gasteiger charge is 2.27. The van der Waals surface area contributed by atoms with Gasteiger partial charge in [0.1, 0.15) is 0 Å². The molecule has 7 heteroatoms. The van der Waals surface area contributed by atoms with Gasteiger partial charge >= 0.3 is 12.0 Å². The van der Waals surface area contributed by atoms with Gasteiger partial charge < -0.3 is 25.3 Å². The van der Waals surface area contributed by atoms with Crippen molar-refractivity contribution < 1.29 is 19.8 Å². The summed E-state index contributed by atoms with van der Waals surface area (Å²) in [6.45, 7) is 0.594. The van der Waals surface area contributed by atoms with E-state index in [1.54, 1.807) is 4.90 Å². The van der Waals surface area contributed by atoms with Crippen molar-refractivity contribution >= 4 is 12.0 Å². The molecule has 3 N–H and O–H groups in total. The number of nitrogens with zero attached hydrogens (tertiary/aromatic N) is 2. The molecular weight excluding hydrogens is 238 g/mol. The van der Waals surface area contributed by atoms with E-state index in [4.69, 9.17) is 10.2 Å². The number of rotatable bonds is 4. The van der Waals surface area contributed by atoms with Gasteiger partial charge in [0, 0.05) is 19.1 Å². The molecule has 7 nitrogen and oxygen atoms in total. The first-order valence-electron chi connectivity index (χ1n) is 6.01. The summed E-state index contributed by atoms with van der Waals surface area (Å²) in [6, 6.07) is -1.37. The Hall–Kier alpha value is -1.34. The number of likely N-dealkylation sites (N-methyl/N-ethyl adjacent to an activating group) is 1. The summed E-state index contributed by atoms with van der Waals surface area (Å²) >= 11 is 0. The van der Waals surface area contributed by atoms with Crippen molar-refractivity contribution in [2.75, 3.05) is 33.8 Å². The molecule has 1 aliphatic heterocycles. The van der Waals surface area contributed by atoms with E-state index < -0.39 is 24.6 Å². The molecule has 0 aliphatic carbocycles. The molecule has 18 heavy (non-hydrogen) atoms. The Morgan fingerprint density at radius 1 is 1.50 bits per heavy atom. The van der Waals surface area contributed by atoms with Gasteiger partial charge in [-0.2, -0.15) is 0 Å². The van der Waals surface area contributed by atoms with Crippen LogP contribution in [-0.2, 0) is 4.79 Å². The van der Waals surface area contributed by atoms with E-state index in [0.29, 0.717) is 19.1 Å². The topological polar surface area (TPSA) is 93.1 Å². The number of piperidine rings is 1. The maximum atomic E-state index is 11.9. The standard InChI is InChI=1S/C11H21N3O4/c1-13(2)8-4-3-5-14(6-8)11(18)12-9(7-15)10(16)17/h8-9,15H,3-7H2,1-2H3,(H,12,18)(H,16,17)/t8?,9-/m1/s1. The lowest BCUT2D eigenvalue weighted by Crippen LogP contribution is -2.54. The Kier molecular flexibility index (Phi) is 5.36. The second-order valence-corrected chi connectivity index (χ2v) is 4.73. The molecule has 1 unspecified atom stereocenters. The van der Waals surface area contributed by atoms with Crippen LogP contribution in [0.2, 0.25) is 0 Å². The fourth-order valence-corrected chi connectivity index (χ4v) is 1.99. The fourth-order valence-electron chi connectivity index (χ4n) is 1.99. The number of hydrogen-bond donors (Lipinski definition) is 3. The third kappa shape index (κ3) is 3.85. The first-order chi connectivity index (χ1) is 8.45. The van der Waals surface area contributed by atoms with Crippen molar-refractivity contribution in [3.63, 3.8) is 0 Å². The summed E-state index contributed by atoms with van der Waals surface area (Å²) in [6.07, 6.45) is 1.92. The lowest BCUT2D eigenvalue weighted by atomic mass is 10.1. The van der Waals surface area contributed by atoms with Crippen LogP contribution in [0.1, 0.15) is 12.8 Å². The predicted molar refractivity (Wildman–Crippen MR) is 65.3 cm³/mol. The van der Waals surface area contributed by atoms with Crippen molar-refractivity contribution in [2.45, 2.75) is 24.9 Å². The zero-order valence-electron chi connectivity index (χ0n) is 10.8. The second-order valence-electron chi connectivity index (χ2n) is 4.73. The van der Waals surface area contributed by atoms with Crippen LogP contribution in [0.4, 0.5) is 4.79 Å². The summed E-state index contributed by atoms with van der Waals surface area (Å²) in [5.41, 5.74) is 0. The van der Waals surface area contributed by atoms with Gasteiger partial charge in [0.25, 0.3) is 0 Å². The zero-order valence-corrected chi connectivity index (χ0v) is 10.8. The average molecular weight is 259 g/mol. The van der Waals surface area contributed by atoms with Gasteiger partial charge in [-0.25, -0.2) is 9.59 Å². The molecule has 1 heterocycles. The molecule has 2 atom stereocenters. The quantitative estimate of drug-likeness (QED) is 0.612. The average Bonchev–Trinajstić information content (AvgIpc) is 2.35.